The second-order valence-corrected chi connectivity index (χ2v) is 7.41. The number of carboxylic acids is 1. The Bertz CT molecular complexity index is 1260. The molecule has 10 nitrogen and oxygen atoms in total. The van der Waals surface area contributed by atoms with Crippen LogP contribution in [0.5, 0.6) is 11.5 Å². The summed E-state index contributed by atoms with van der Waals surface area (Å²) < 4.78 is 10.6. The molecule has 0 bridgehead atoms. The average Bonchev–Trinajstić information content (AvgIpc) is 2.88. The minimum absolute atomic E-state index is 0.00426. The molecule has 0 saturated carbocycles. The minimum atomic E-state index is -2.64. The third kappa shape index (κ3) is 6.11. The first-order valence-corrected chi connectivity index (χ1v) is 10.8. The summed E-state index contributed by atoms with van der Waals surface area (Å²) in [6.45, 7) is 1.46. The zero-order chi connectivity index (χ0) is 26.1. The Balaban J connectivity index is 1.73. The molecule has 0 saturated heterocycles. The van der Waals surface area contributed by atoms with Gasteiger partial charge in [-0.25, -0.2) is 9.59 Å². The Morgan fingerprint density at radius 2 is 1.36 bits per heavy atom. The van der Waals surface area contributed by atoms with Crippen molar-refractivity contribution in [2.75, 3.05) is 0 Å². The first-order valence-electron chi connectivity index (χ1n) is 10.8. The van der Waals surface area contributed by atoms with Gasteiger partial charge in [-0.1, -0.05) is 55.5 Å². The van der Waals surface area contributed by atoms with E-state index in [2.05, 4.69) is 10.6 Å². The van der Waals surface area contributed by atoms with Crippen LogP contribution in [0.25, 0.3) is 0 Å². The predicted octanol–water partition coefficient (Wildman–Crippen LogP) is 3.37. The molecule has 2 amide bonds. The number of Topliss-reactive ketones (excluding diaryl/α,β-unsaturated/α-hetero) is 1. The maximum Gasteiger partial charge on any atom is 0.418 e. The predicted molar refractivity (Wildman–Crippen MR) is 129 cm³/mol. The molecule has 1 atom stereocenters. The van der Waals surface area contributed by atoms with Gasteiger partial charge in [-0.15, -0.1) is 0 Å². The van der Waals surface area contributed by atoms with Crippen LogP contribution in [0.15, 0.2) is 84.9 Å². The van der Waals surface area contributed by atoms with Crippen LogP contribution in [0.4, 0.5) is 4.79 Å². The van der Waals surface area contributed by atoms with Gasteiger partial charge in [-0.2, -0.15) is 0 Å². The molecule has 1 unspecified atom stereocenters. The van der Waals surface area contributed by atoms with Crippen molar-refractivity contribution in [3.05, 3.63) is 96.1 Å². The Kier molecular flexibility index (Phi) is 8.14. The number of nitrogens with one attached hydrogen (secondary N) is 3. The summed E-state index contributed by atoms with van der Waals surface area (Å²) in [7, 11) is 0. The van der Waals surface area contributed by atoms with Crippen LogP contribution in [0.3, 0.4) is 0 Å². The lowest BCUT2D eigenvalue weighted by Crippen LogP contribution is -2.64. The van der Waals surface area contributed by atoms with Crippen LogP contribution in [0, 0.1) is 5.41 Å². The smallest absolute Gasteiger partial charge is 0.418 e. The van der Waals surface area contributed by atoms with Crippen molar-refractivity contribution in [3.8, 4) is 11.5 Å². The SMILES string of the molecule is CCC(=O)C(NC(=O)c1ccc(C(=N)NC(=O)Oc2ccccc2)cc1)(Oc1ccccc1)C(=O)O. The molecule has 3 rings (SSSR count). The van der Waals surface area contributed by atoms with E-state index in [1.807, 2.05) is 0 Å². The number of benzene rings is 3. The van der Waals surface area contributed by atoms with Gasteiger partial charge >= 0.3 is 17.8 Å². The van der Waals surface area contributed by atoms with Crippen molar-refractivity contribution >= 4 is 29.6 Å². The van der Waals surface area contributed by atoms with Gasteiger partial charge in [0.1, 0.15) is 17.3 Å². The number of ether oxygens (including phenoxy) is 2. The number of amidine groups is 1. The van der Waals surface area contributed by atoms with Gasteiger partial charge in [0, 0.05) is 17.5 Å². The molecular weight excluding hydrogens is 466 g/mol. The van der Waals surface area contributed by atoms with Crippen LogP contribution < -0.4 is 20.1 Å². The summed E-state index contributed by atoms with van der Waals surface area (Å²) in [5.74, 6) is -3.31. The minimum Gasteiger partial charge on any atom is -0.476 e. The zero-order valence-corrected chi connectivity index (χ0v) is 19.2. The van der Waals surface area contributed by atoms with Gasteiger partial charge in [-0.05, 0) is 36.4 Å². The van der Waals surface area contributed by atoms with E-state index in [4.69, 9.17) is 14.9 Å². The number of para-hydroxylation sites is 2. The highest BCUT2D eigenvalue weighted by atomic mass is 16.6. The van der Waals surface area contributed by atoms with Crippen LogP contribution in [0.1, 0.15) is 29.3 Å². The Labute approximate surface area is 206 Å². The van der Waals surface area contributed by atoms with E-state index in [1.54, 1.807) is 48.5 Å². The topological polar surface area (TPSA) is 155 Å². The largest absolute Gasteiger partial charge is 0.476 e. The van der Waals surface area contributed by atoms with Gasteiger partial charge in [0.25, 0.3) is 5.91 Å². The molecule has 0 radical (unpaired) electrons. The maximum absolute atomic E-state index is 12.9. The highest BCUT2D eigenvalue weighted by Crippen LogP contribution is 2.20. The summed E-state index contributed by atoms with van der Waals surface area (Å²) in [6.07, 6.45) is -1.07. The van der Waals surface area contributed by atoms with Gasteiger partial charge in [0.15, 0.2) is 0 Å². The highest BCUT2D eigenvalue weighted by Gasteiger charge is 2.49. The van der Waals surface area contributed by atoms with E-state index in [0.29, 0.717) is 5.75 Å². The lowest BCUT2D eigenvalue weighted by molar-refractivity contribution is -0.164. The van der Waals surface area contributed by atoms with Crippen LogP contribution in [-0.4, -0.2) is 40.4 Å². The molecule has 0 aliphatic rings. The Morgan fingerprint density at radius 1 is 0.833 bits per heavy atom. The number of ketones is 1. The Morgan fingerprint density at radius 3 is 1.89 bits per heavy atom. The zero-order valence-electron chi connectivity index (χ0n) is 19.2. The molecule has 184 valence electrons. The normalized spacial score (nSPS) is 11.9. The first kappa shape index (κ1) is 25.6. The van der Waals surface area contributed by atoms with E-state index in [0.717, 1.165) is 0 Å². The lowest BCUT2D eigenvalue weighted by Gasteiger charge is -2.29. The van der Waals surface area contributed by atoms with Crippen molar-refractivity contribution in [3.63, 3.8) is 0 Å². The monoisotopic (exact) mass is 489 g/mol. The van der Waals surface area contributed by atoms with E-state index < -0.39 is 29.5 Å². The van der Waals surface area contributed by atoms with Gasteiger partial charge in [-0.3, -0.25) is 25.6 Å². The number of aliphatic carboxylic acids is 1. The molecule has 0 fully saturated rings. The molecule has 0 spiro atoms. The maximum atomic E-state index is 12.9. The summed E-state index contributed by atoms with van der Waals surface area (Å²) in [6, 6.07) is 21.5. The third-order valence-electron chi connectivity index (χ3n) is 4.94. The van der Waals surface area contributed by atoms with Crippen molar-refractivity contribution in [1.29, 1.82) is 5.41 Å². The quantitative estimate of drug-likeness (QED) is 0.155. The molecule has 0 aromatic heterocycles. The number of carbonyl (C=O) groups excluding carboxylic acids is 3. The summed E-state index contributed by atoms with van der Waals surface area (Å²) in [5.41, 5.74) is -2.38. The number of hydrogen-bond acceptors (Lipinski definition) is 7. The molecular formula is C26H23N3O7. The van der Waals surface area contributed by atoms with Gasteiger partial charge in [0.05, 0.1) is 0 Å². The van der Waals surface area contributed by atoms with E-state index in [-0.39, 0.29) is 29.1 Å². The van der Waals surface area contributed by atoms with E-state index in [1.165, 1.54) is 43.3 Å². The van der Waals surface area contributed by atoms with Crippen LogP contribution in [-0.2, 0) is 9.59 Å². The lowest BCUT2D eigenvalue weighted by atomic mass is 10.0. The van der Waals surface area contributed by atoms with Gasteiger partial charge < -0.3 is 14.6 Å². The number of hydrogen-bond donors (Lipinski definition) is 4. The summed E-state index contributed by atoms with van der Waals surface area (Å²) >= 11 is 0. The fourth-order valence-electron chi connectivity index (χ4n) is 3.10. The molecule has 0 aliphatic heterocycles. The number of rotatable bonds is 9. The van der Waals surface area contributed by atoms with Crippen molar-refractivity contribution < 1.29 is 33.8 Å². The van der Waals surface area contributed by atoms with Crippen LogP contribution in [0.2, 0.25) is 0 Å². The van der Waals surface area contributed by atoms with Crippen molar-refractivity contribution in [1.82, 2.24) is 10.6 Å². The van der Waals surface area contributed by atoms with Crippen LogP contribution >= 0.6 is 0 Å². The van der Waals surface area contributed by atoms with Gasteiger partial charge in [0.2, 0.25) is 5.78 Å². The van der Waals surface area contributed by atoms with E-state index >= 15 is 0 Å². The average molecular weight is 489 g/mol. The fourth-order valence-corrected chi connectivity index (χ4v) is 3.10. The number of carbonyl (C=O) groups is 4. The summed E-state index contributed by atoms with van der Waals surface area (Å²) in [4.78, 5) is 49.6. The molecule has 3 aromatic rings. The molecule has 3 aromatic carbocycles. The summed E-state index contributed by atoms with van der Waals surface area (Å²) in [5, 5.41) is 22.4. The molecule has 10 heteroatoms. The molecule has 36 heavy (non-hydrogen) atoms. The number of carboxylic acid groups (broad SMARTS) is 1. The fraction of sp³-hybridized carbons (Fsp3) is 0.115. The molecule has 4 N–H and O–H groups in total. The molecule has 0 aliphatic carbocycles. The van der Waals surface area contributed by atoms with E-state index in [9.17, 15) is 24.3 Å². The van der Waals surface area contributed by atoms with Crippen molar-refractivity contribution in [2.45, 2.75) is 19.1 Å². The highest BCUT2D eigenvalue weighted by molar-refractivity contribution is 6.11. The van der Waals surface area contributed by atoms with Crippen molar-refractivity contribution in [2.24, 2.45) is 0 Å². The third-order valence-corrected chi connectivity index (χ3v) is 4.94. The first-order chi connectivity index (χ1) is 17.2. The standard InChI is InChI=1S/C26H23N3O7/c1-2-21(30)26(24(32)33,36-20-11-7-4-8-12-20)29-23(31)18-15-13-17(14-16-18)22(27)28-25(34)35-19-9-5-3-6-10-19/h3-16H,2H2,1H3,(H,29,31)(H,32,33)(H2,27,28,34). The molecule has 0 heterocycles. The number of amides is 2. The Hall–Kier alpha value is -4.99. The second-order valence-electron chi connectivity index (χ2n) is 7.41. The second kappa shape index (κ2) is 11.4.